The van der Waals surface area contributed by atoms with Crippen molar-refractivity contribution in [1.29, 1.82) is 0 Å². The Kier molecular flexibility index (Phi) is 5.65. The molecule has 0 saturated heterocycles. The fraction of sp³-hybridized carbons (Fsp3) is 0.280. The lowest BCUT2D eigenvalue weighted by atomic mass is 10.1. The van der Waals surface area contributed by atoms with Crippen LogP contribution in [-0.2, 0) is 24.1 Å². The molecule has 6 rings (SSSR count). The van der Waals surface area contributed by atoms with E-state index in [0.29, 0.717) is 29.6 Å². The predicted octanol–water partition coefficient (Wildman–Crippen LogP) is 3.44. The van der Waals surface area contributed by atoms with E-state index < -0.39 is 0 Å². The quantitative estimate of drug-likeness (QED) is 0.412. The van der Waals surface area contributed by atoms with Crippen LogP contribution in [-0.4, -0.2) is 36.3 Å². The first-order valence-electron chi connectivity index (χ1n) is 11.5. The van der Waals surface area contributed by atoms with Crippen molar-refractivity contribution in [1.82, 2.24) is 24.7 Å². The molecule has 35 heavy (non-hydrogen) atoms. The zero-order chi connectivity index (χ0) is 23.8. The van der Waals surface area contributed by atoms with Gasteiger partial charge in [0.05, 0.1) is 18.2 Å². The minimum atomic E-state index is -0.203. The summed E-state index contributed by atoms with van der Waals surface area (Å²) in [5.74, 6) is 1.43. The molecule has 9 nitrogen and oxygen atoms in total. The summed E-state index contributed by atoms with van der Waals surface area (Å²) in [6, 6.07) is 11.0. The van der Waals surface area contributed by atoms with Crippen LogP contribution in [0.5, 0.6) is 0 Å². The average Bonchev–Trinajstić information content (AvgIpc) is 3.62. The smallest absolute Gasteiger partial charge is 0.257 e. The number of anilines is 1. The average molecular weight is 487 g/mol. The van der Waals surface area contributed by atoms with Gasteiger partial charge in [0.25, 0.3) is 5.56 Å². The fourth-order valence-corrected chi connectivity index (χ4v) is 5.77. The third kappa shape index (κ3) is 4.25. The second-order valence-electron chi connectivity index (χ2n) is 8.65. The topological polar surface area (TPSA) is 116 Å². The molecule has 0 spiro atoms. The molecule has 4 aromatic rings. The van der Waals surface area contributed by atoms with Crippen LogP contribution >= 0.6 is 11.8 Å². The second-order valence-corrected chi connectivity index (χ2v) is 9.64. The zero-order valence-electron chi connectivity index (χ0n) is 18.8. The summed E-state index contributed by atoms with van der Waals surface area (Å²) in [5, 5.41) is 7.79. The van der Waals surface area contributed by atoms with Crippen LogP contribution in [0, 0.1) is 0 Å². The van der Waals surface area contributed by atoms with E-state index in [4.69, 9.17) is 4.52 Å². The molecule has 3 aromatic heterocycles. The Morgan fingerprint density at radius 2 is 2.09 bits per heavy atom. The number of benzene rings is 1. The standard InChI is InChI=1S/C25H22N6O3S/c32-21(12-17-14-35-25-28-20-9-3-7-18(20)24(33)31(17)25)27-19-8-2-1-5-15(19)11-22-29-23(30-34-22)16-6-4-10-26-13-16/h1-2,4-6,8,10,13,17H,3,7,9,11-12,14H2,(H,27,32). The van der Waals surface area contributed by atoms with Gasteiger partial charge in [0.15, 0.2) is 5.16 Å². The minimum Gasteiger partial charge on any atom is -0.339 e. The second kappa shape index (κ2) is 9.10. The van der Waals surface area contributed by atoms with Crippen molar-refractivity contribution in [3.63, 3.8) is 0 Å². The number of hydrogen-bond donors (Lipinski definition) is 1. The van der Waals surface area contributed by atoms with Crippen LogP contribution in [0.4, 0.5) is 5.69 Å². The molecule has 0 bridgehead atoms. The van der Waals surface area contributed by atoms with E-state index in [1.807, 2.05) is 36.4 Å². The summed E-state index contributed by atoms with van der Waals surface area (Å²) < 4.78 is 7.15. The number of aryl methyl sites for hydroxylation is 1. The molecule has 176 valence electrons. The highest BCUT2D eigenvalue weighted by atomic mass is 32.2. The van der Waals surface area contributed by atoms with E-state index in [2.05, 4.69) is 25.4 Å². The molecule has 0 saturated carbocycles. The van der Waals surface area contributed by atoms with Crippen LogP contribution < -0.4 is 10.9 Å². The van der Waals surface area contributed by atoms with E-state index in [0.717, 1.165) is 46.8 Å². The predicted molar refractivity (Wildman–Crippen MR) is 130 cm³/mol. The fourth-order valence-electron chi connectivity index (χ4n) is 4.62. The van der Waals surface area contributed by atoms with Gasteiger partial charge < -0.3 is 9.84 Å². The maximum absolute atomic E-state index is 13.0. The van der Waals surface area contributed by atoms with Gasteiger partial charge in [0.2, 0.25) is 17.6 Å². The van der Waals surface area contributed by atoms with E-state index in [9.17, 15) is 9.59 Å². The van der Waals surface area contributed by atoms with Gasteiger partial charge in [-0.2, -0.15) is 4.98 Å². The number of para-hydroxylation sites is 1. The normalized spacial score (nSPS) is 16.2. The number of thioether (sulfide) groups is 1. The van der Waals surface area contributed by atoms with Crippen molar-refractivity contribution in [2.75, 3.05) is 11.1 Å². The largest absolute Gasteiger partial charge is 0.339 e. The molecule has 1 aliphatic heterocycles. The number of amides is 1. The van der Waals surface area contributed by atoms with E-state index in [-0.39, 0.29) is 23.9 Å². The molecule has 4 heterocycles. The summed E-state index contributed by atoms with van der Waals surface area (Å²) in [4.78, 5) is 39.3. The van der Waals surface area contributed by atoms with Gasteiger partial charge in [-0.25, -0.2) is 4.98 Å². The number of pyridine rings is 1. The first-order valence-corrected chi connectivity index (χ1v) is 12.5. The molecule has 0 fully saturated rings. The van der Waals surface area contributed by atoms with Crippen LogP contribution in [0.25, 0.3) is 11.4 Å². The number of hydrogen-bond acceptors (Lipinski definition) is 8. The summed E-state index contributed by atoms with van der Waals surface area (Å²) in [6.45, 7) is 0. The number of nitrogens with zero attached hydrogens (tertiary/aromatic N) is 5. The highest BCUT2D eigenvalue weighted by Crippen LogP contribution is 2.34. The molecule has 10 heteroatoms. The van der Waals surface area contributed by atoms with Crippen molar-refractivity contribution in [2.45, 2.75) is 43.3 Å². The van der Waals surface area contributed by atoms with Gasteiger partial charge in [-0.1, -0.05) is 35.1 Å². The molecule has 1 amide bonds. The van der Waals surface area contributed by atoms with Gasteiger partial charge in [-0.05, 0) is 43.0 Å². The SMILES string of the molecule is O=C(CC1CSc2nc3c(c(=O)n21)CCC3)Nc1ccccc1Cc1nc(-c2cccnc2)no1. The Bertz CT molecular complexity index is 1470. The zero-order valence-corrected chi connectivity index (χ0v) is 19.6. The number of aromatic nitrogens is 5. The van der Waals surface area contributed by atoms with Gasteiger partial charge in [0.1, 0.15) is 0 Å². The minimum absolute atomic E-state index is 0.0199. The Morgan fingerprint density at radius 1 is 1.17 bits per heavy atom. The van der Waals surface area contributed by atoms with E-state index in [1.54, 1.807) is 28.7 Å². The molecule has 1 unspecified atom stereocenters. The molecule has 1 N–H and O–H groups in total. The maximum Gasteiger partial charge on any atom is 0.257 e. The summed E-state index contributed by atoms with van der Waals surface area (Å²) in [6.07, 6.45) is 6.56. The monoisotopic (exact) mass is 486 g/mol. The van der Waals surface area contributed by atoms with Crippen molar-refractivity contribution in [2.24, 2.45) is 0 Å². The molecule has 0 radical (unpaired) electrons. The van der Waals surface area contributed by atoms with Gasteiger partial charge in [0, 0.05) is 41.4 Å². The van der Waals surface area contributed by atoms with Crippen molar-refractivity contribution in [3.8, 4) is 11.4 Å². The summed E-state index contributed by atoms with van der Waals surface area (Å²) in [5.41, 5.74) is 4.09. The van der Waals surface area contributed by atoms with Gasteiger partial charge in [-0.15, -0.1) is 0 Å². The Labute approximate surface area is 205 Å². The number of fused-ring (bicyclic) bond motifs is 2. The number of nitrogens with one attached hydrogen (secondary N) is 1. The molecule has 1 aliphatic carbocycles. The Morgan fingerprint density at radius 3 is 2.97 bits per heavy atom. The van der Waals surface area contributed by atoms with Gasteiger partial charge >= 0.3 is 0 Å². The lowest BCUT2D eigenvalue weighted by Crippen LogP contribution is -2.30. The van der Waals surface area contributed by atoms with Crippen LogP contribution in [0.2, 0.25) is 0 Å². The Balaban J connectivity index is 1.17. The van der Waals surface area contributed by atoms with E-state index >= 15 is 0 Å². The lowest BCUT2D eigenvalue weighted by Gasteiger charge is -2.15. The Hall–Kier alpha value is -3.79. The van der Waals surface area contributed by atoms with Crippen LogP contribution in [0.15, 0.2) is 63.3 Å². The first-order chi connectivity index (χ1) is 17.2. The third-order valence-electron chi connectivity index (χ3n) is 6.31. The molecule has 2 aliphatic rings. The number of carbonyl (C=O) groups excluding carboxylic acids is 1. The highest BCUT2D eigenvalue weighted by Gasteiger charge is 2.31. The number of carbonyl (C=O) groups is 1. The highest BCUT2D eigenvalue weighted by molar-refractivity contribution is 7.99. The van der Waals surface area contributed by atoms with Crippen molar-refractivity contribution >= 4 is 23.4 Å². The van der Waals surface area contributed by atoms with Crippen LogP contribution in [0.3, 0.4) is 0 Å². The molecular weight excluding hydrogens is 464 g/mol. The first kappa shape index (κ1) is 21.7. The van der Waals surface area contributed by atoms with Crippen LogP contribution in [0.1, 0.15) is 41.6 Å². The van der Waals surface area contributed by atoms with Crippen molar-refractivity contribution in [3.05, 3.63) is 81.9 Å². The summed E-state index contributed by atoms with van der Waals surface area (Å²) in [7, 11) is 0. The van der Waals surface area contributed by atoms with Crippen molar-refractivity contribution < 1.29 is 9.32 Å². The third-order valence-corrected chi connectivity index (χ3v) is 7.41. The maximum atomic E-state index is 13.0. The molecular formula is C25H22N6O3S. The van der Waals surface area contributed by atoms with Gasteiger partial charge in [-0.3, -0.25) is 19.1 Å². The summed E-state index contributed by atoms with van der Waals surface area (Å²) >= 11 is 1.55. The molecule has 1 atom stereocenters. The lowest BCUT2D eigenvalue weighted by molar-refractivity contribution is -0.116. The number of rotatable bonds is 6. The van der Waals surface area contributed by atoms with E-state index in [1.165, 1.54) is 0 Å². The molecule has 1 aromatic carbocycles.